The van der Waals surface area contributed by atoms with Crippen LogP contribution in [0.25, 0.3) is 0 Å². The molecular formula is C15H16N2O2. The average Bonchev–Trinajstić information content (AvgIpc) is 2.41. The smallest absolute Gasteiger partial charge is 0.135 e. The third-order valence-corrected chi connectivity index (χ3v) is 3.57. The third-order valence-electron chi connectivity index (χ3n) is 3.57. The Bertz CT molecular complexity index is 600. The van der Waals surface area contributed by atoms with E-state index < -0.39 is 0 Å². The monoisotopic (exact) mass is 256 g/mol. The van der Waals surface area contributed by atoms with Gasteiger partial charge in [0.05, 0.1) is 6.54 Å². The van der Waals surface area contributed by atoms with E-state index in [4.69, 9.17) is 0 Å². The number of anilines is 1. The summed E-state index contributed by atoms with van der Waals surface area (Å²) in [5, 5.41) is 21.5. The van der Waals surface area contributed by atoms with Crippen molar-refractivity contribution < 1.29 is 10.3 Å². The van der Waals surface area contributed by atoms with Crippen LogP contribution in [0, 0.1) is 0 Å². The van der Waals surface area contributed by atoms with E-state index in [0.29, 0.717) is 12.1 Å². The molecule has 2 N–H and O–H groups in total. The largest absolute Gasteiger partial charge is 0.508 e. The van der Waals surface area contributed by atoms with Gasteiger partial charge in [-0.15, -0.1) is 0 Å². The Morgan fingerprint density at radius 3 is 2.53 bits per heavy atom. The molecule has 19 heavy (non-hydrogen) atoms. The van der Waals surface area contributed by atoms with Gasteiger partial charge in [0.1, 0.15) is 11.9 Å². The summed E-state index contributed by atoms with van der Waals surface area (Å²) in [6, 6.07) is 15.1. The normalized spacial score (nSPS) is 19.3. The number of hydroxylamine groups is 2. The summed E-state index contributed by atoms with van der Waals surface area (Å²) in [6.07, 6.45) is -0.379. The first-order valence-corrected chi connectivity index (χ1v) is 6.22. The Morgan fingerprint density at radius 2 is 1.74 bits per heavy atom. The molecule has 98 valence electrons. The molecule has 4 heteroatoms. The van der Waals surface area contributed by atoms with Crippen molar-refractivity contribution >= 4 is 5.69 Å². The van der Waals surface area contributed by atoms with Crippen molar-refractivity contribution in [2.45, 2.75) is 12.7 Å². The molecule has 1 aliphatic rings. The fourth-order valence-corrected chi connectivity index (χ4v) is 2.66. The van der Waals surface area contributed by atoms with E-state index in [9.17, 15) is 10.3 Å². The molecular weight excluding hydrogens is 240 g/mol. The Labute approximate surface area is 112 Å². The van der Waals surface area contributed by atoms with Crippen LogP contribution in [0.15, 0.2) is 48.5 Å². The number of rotatable bonds is 1. The highest BCUT2D eigenvalue weighted by molar-refractivity contribution is 5.57. The van der Waals surface area contributed by atoms with E-state index in [1.165, 1.54) is 5.06 Å². The summed E-state index contributed by atoms with van der Waals surface area (Å²) in [7, 11) is 1.92. The Hall–Kier alpha value is -2.04. The van der Waals surface area contributed by atoms with Crippen molar-refractivity contribution in [1.29, 1.82) is 0 Å². The molecule has 0 aromatic heterocycles. The van der Waals surface area contributed by atoms with Crippen molar-refractivity contribution in [2.75, 3.05) is 11.9 Å². The minimum absolute atomic E-state index is 0.192. The van der Waals surface area contributed by atoms with Crippen LogP contribution in [0.3, 0.4) is 0 Å². The lowest BCUT2D eigenvalue weighted by Gasteiger charge is -2.41. The van der Waals surface area contributed by atoms with E-state index in [1.807, 2.05) is 48.3 Å². The molecule has 3 rings (SSSR count). The molecule has 0 saturated carbocycles. The molecule has 0 spiro atoms. The summed E-state index contributed by atoms with van der Waals surface area (Å²) in [5.74, 6) is 0.192. The summed E-state index contributed by atoms with van der Waals surface area (Å²) >= 11 is 0. The van der Waals surface area contributed by atoms with Crippen LogP contribution >= 0.6 is 0 Å². The molecule has 1 unspecified atom stereocenters. The van der Waals surface area contributed by atoms with Crippen LogP contribution in [0.1, 0.15) is 17.3 Å². The number of aromatic hydroxyl groups is 1. The minimum atomic E-state index is -0.379. The number of benzene rings is 2. The summed E-state index contributed by atoms with van der Waals surface area (Å²) in [6.45, 7) is 0.444. The van der Waals surface area contributed by atoms with Crippen LogP contribution in [0.4, 0.5) is 5.69 Å². The number of phenolic OH excluding ortho intramolecular Hbond substituents is 1. The number of phenols is 1. The van der Waals surface area contributed by atoms with Gasteiger partial charge in [-0.3, -0.25) is 0 Å². The zero-order valence-electron chi connectivity index (χ0n) is 10.7. The van der Waals surface area contributed by atoms with Gasteiger partial charge in [-0.25, -0.2) is 0 Å². The van der Waals surface area contributed by atoms with Gasteiger partial charge in [0, 0.05) is 18.3 Å². The lowest BCUT2D eigenvalue weighted by atomic mass is 10.0. The van der Waals surface area contributed by atoms with E-state index in [2.05, 4.69) is 0 Å². The van der Waals surface area contributed by atoms with Gasteiger partial charge in [-0.2, -0.15) is 5.06 Å². The highest BCUT2D eigenvalue weighted by Crippen LogP contribution is 2.38. The molecule has 0 saturated heterocycles. The molecule has 4 nitrogen and oxygen atoms in total. The molecule has 0 fully saturated rings. The maximum absolute atomic E-state index is 10.2. The van der Waals surface area contributed by atoms with Gasteiger partial charge >= 0.3 is 0 Å². The van der Waals surface area contributed by atoms with Crippen LogP contribution < -0.4 is 4.90 Å². The molecule has 0 bridgehead atoms. The molecule has 0 radical (unpaired) electrons. The van der Waals surface area contributed by atoms with Crippen molar-refractivity contribution in [3.8, 4) is 5.75 Å². The predicted molar refractivity (Wildman–Crippen MR) is 73.0 cm³/mol. The second-order valence-electron chi connectivity index (χ2n) is 4.77. The first-order chi connectivity index (χ1) is 9.18. The maximum atomic E-state index is 10.2. The van der Waals surface area contributed by atoms with Gasteiger partial charge in [0.2, 0.25) is 0 Å². The number of hydrogen-bond acceptors (Lipinski definition) is 4. The summed E-state index contributed by atoms with van der Waals surface area (Å²) < 4.78 is 0. The predicted octanol–water partition coefficient (Wildman–Crippen LogP) is 2.73. The van der Waals surface area contributed by atoms with Crippen molar-refractivity contribution in [3.05, 3.63) is 59.7 Å². The number of para-hydroxylation sites is 2. The van der Waals surface area contributed by atoms with Crippen molar-refractivity contribution in [1.82, 2.24) is 5.06 Å². The minimum Gasteiger partial charge on any atom is -0.508 e. The molecule has 1 atom stereocenters. The fraction of sp³-hybridized carbons (Fsp3) is 0.200. The van der Waals surface area contributed by atoms with Crippen LogP contribution in [-0.2, 0) is 6.54 Å². The van der Waals surface area contributed by atoms with E-state index >= 15 is 0 Å². The molecule has 2 aromatic carbocycles. The van der Waals surface area contributed by atoms with Gasteiger partial charge in [-0.05, 0) is 17.7 Å². The maximum Gasteiger partial charge on any atom is 0.135 e. The first-order valence-electron chi connectivity index (χ1n) is 6.22. The molecule has 1 aliphatic heterocycles. The number of fused-ring (bicyclic) bond motifs is 1. The highest BCUT2D eigenvalue weighted by atomic mass is 16.5. The Morgan fingerprint density at radius 1 is 1.05 bits per heavy atom. The second kappa shape index (κ2) is 4.57. The fourth-order valence-electron chi connectivity index (χ4n) is 2.66. The van der Waals surface area contributed by atoms with Gasteiger partial charge < -0.3 is 15.2 Å². The zero-order valence-corrected chi connectivity index (χ0v) is 10.7. The van der Waals surface area contributed by atoms with Crippen LogP contribution in [0.5, 0.6) is 5.75 Å². The Balaban J connectivity index is 2.07. The van der Waals surface area contributed by atoms with Gasteiger partial charge in [0.15, 0.2) is 0 Å². The Kier molecular flexibility index (Phi) is 2.89. The van der Waals surface area contributed by atoms with E-state index in [0.717, 1.165) is 11.3 Å². The average molecular weight is 256 g/mol. The molecule has 1 heterocycles. The lowest BCUT2D eigenvalue weighted by Crippen LogP contribution is -2.41. The zero-order chi connectivity index (χ0) is 13.4. The topological polar surface area (TPSA) is 46.9 Å². The van der Waals surface area contributed by atoms with E-state index in [1.54, 1.807) is 12.1 Å². The standard InChI is InChI=1S/C15H16N2O2/c1-16-13-8-4-2-6-11(13)10-17(19)15(16)12-7-3-5-9-14(12)18/h2-9,15,18-19H,10H2,1H3. The molecule has 0 amide bonds. The SMILES string of the molecule is CN1c2ccccc2CN(O)C1c1ccccc1O. The lowest BCUT2D eigenvalue weighted by molar-refractivity contribution is -0.141. The molecule has 2 aromatic rings. The van der Waals surface area contributed by atoms with Gasteiger partial charge in [0.25, 0.3) is 0 Å². The number of hydrogen-bond donors (Lipinski definition) is 2. The second-order valence-corrected chi connectivity index (χ2v) is 4.77. The number of nitrogens with zero attached hydrogens (tertiary/aromatic N) is 2. The van der Waals surface area contributed by atoms with Gasteiger partial charge in [-0.1, -0.05) is 36.4 Å². The van der Waals surface area contributed by atoms with Crippen LogP contribution in [-0.4, -0.2) is 22.4 Å². The first kappa shape index (κ1) is 12.0. The summed E-state index contributed by atoms with van der Waals surface area (Å²) in [5.41, 5.74) is 2.84. The third kappa shape index (κ3) is 1.95. The summed E-state index contributed by atoms with van der Waals surface area (Å²) in [4.78, 5) is 1.97. The van der Waals surface area contributed by atoms with E-state index in [-0.39, 0.29) is 11.9 Å². The molecule has 0 aliphatic carbocycles. The van der Waals surface area contributed by atoms with Crippen molar-refractivity contribution in [2.24, 2.45) is 0 Å². The highest BCUT2D eigenvalue weighted by Gasteiger charge is 2.31. The van der Waals surface area contributed by atoms with Crippen LogP contribution in [0.2, 0.25) is 0 Å². The quantitative estimate of drug-likeness (QED) is 0.823. The van der Waals surface area contributed by atoms with Crippen molar-refractivity contribution in [3.63, 3.8) is 0 Å².